The molecule has 3 heteroatoms. The third kappa shape index (κ3) is 1.49. The van der Waals surface area contributed by atoms with Gasteiger partial charge in [0.15, 0.2) is 11.6 Å². The second-order valence-electron chi connectivity index (χ2n) is 3.11. The highest BCUT2D eigenvalue weighted by atomic mass is 16.4. The Balaban J connectivity index is 2.42. The van der Waals surface area contributed by atoms with E-state index in [1.165, 1.54) is 0 Å². The summed E-state index contributed by atoms with van der Waals surface area (Å²) in [6.45, 7) is 2.09. The molecule has 0 fully saturated rings. The largest absolute Gasteiger partial charge is 0.439 e. The molecule has 2 rings (SSSR count). The number of fused-ring (bicyclic) bond motifs is 1. The first kappa shape index (κ1) is 8.10. The first-order valence-corrected chi connectivity index (χ1v) is 4.33. The van der Waals surface area contributed by atoms with Crippen molar-refractivity contribution in [3.05, 3.63) is 17.9 Å². The SMILES string of the molecule is CNc1cc2c(o1)C=CC(C)C=N2. The van der Waals surface area contributed by atoms with Crippen LogP contribution in [0.25, 0.3) is 6.08 Å². The van der Waals surface area contributed by atoms with E-state index in [1.54, 1.807) is 0 Å². The highest BCUT2D eigenvalue weighted by Gasteiger charge is 2.09. The van der Waals surface area contributed by atoms with Crippen molar-refractivity contribution in [3.63, 3.8) is 0 Å². The Hall–Kier alpha value is -1.51. The number of rotatable bonds is 1. The van der Waals surface area contributed by atoms with Gasteiger partial charge in [-0.3, -0.25) is 4.99 Å². The lowest BCUT2D eigenvalue weighted by Crippen LogP contribution is -1.87. The van der Waals surface area contributed by atoms with Crippen LogP contribution in [-0.2, 0) is 0 Å². The Kier molecular flexibility index (Phi) is 1.93. The summed E-state index contributed by atoms with van der Waals surface area (Å²) in [4.78, 5) is 4.32. The molecule has 0 saturated heterocycles. The number of furan rings is 1. The molecule has 0 bridgehead atoms. The fourth-order valence-electron chi connectivity index (χ4n) is 1.23. The molecule has 1 unspecified atom stereocenters. The predicted octanol–water partition coefficient (Wildman–Crippen LogP) is 2.69. The molecule has 1 aliphatic rings. The molecule has 1 aliphatic heterocycles. The van der Waals surface area contributed by atoms with Gasteiger partial charge in [0.25, 0.3) is 0 Å². The predicted molar refractivity (Wildman–Crippen MR) is 54.6 cm³/mol. The molecule has 13 heavy (non-hydrogen) atoms. The van der Waals surface area contributed by atoms with Crippen molar-refractivity contribution < 1.29 is 4.42 Å². The Morgan fingerprint density at radius 1 is 1.54 bits per heavy atom. The second-order valence-corrected chi connectivity index (χ2v) is 3.11. The highest BCUT2D eigenvalue weighted by Crippen LogP contribution is 2.30. The van der Waals surface area contributed by atoms with Crippen LogP contribution < -0.4 is 5.32 Å². The summed E-state index contributed by atoms with van der Waals surface area (Å²) >= 11 is 0. The summed E-state index contributed by atoms with van der Waals surface area (Å²) in [6.07, 6.45) is 5.95. The van der Waals surface area contributed by atoms with Gasteiger partial charge in [-0.2, -0.15) is 0 Å². The molecule has 1 aromatic heterocycles. The average molecular weight is 176 g/mol. The topological polar surface area (TPSA) is 37.5 Å². The number of nitrogens with one attached hydrogen (secondary N) is 1. The number of aliphatic imine (C=N–C) groups is 1. The van der Waals surface area contributed by atoms with Crippen molar-refractivity contribution in [1.29, 1.82) is 0 Å². The fraction of sp³-hybridized carbons (Fsp3) is 0.300. The first-order valence-electron chi connectivity index (χ1n) is 4.33. The van der Waals surface area contributed by atoms with E-state index in [4.69, 9.17) is 4.42 Å². The quantitative estimate of drug-likeness (QED) is 0.714. The summed E-state index contributed by atoms with van der Waals surface area (Å²) in [7, 11) is 1.83. The Morgan fingerprint density at radius 3 is 3.15 bits per heavy atom. The van der Waals surface area contributed by atoms with E-state index in [0.717, 1.165) is 17.3 Å². The molecule has 0 saturated carbocycles. The normalized spacial score (nSPS) is 19.7. The van der Waals surface area contributed by atoms with E-state index in [-0.39, 0.29) is 0 Å². The van der Waals surface area contributed by atoms with Gasteiger partial charge in [-0.15, -0.1) is 0 Å². The van der Waals surface area contributed by atoms with Crippen LogP contribution in [0.5, 0.6) is 0 Å². The lowest BCUT2D eigenvalue weighted by molar-refractivity contribution is 0.573. The van der Waals surface area contributed by atoms with E-state index in [9.17, 15) is 0 Å². The average Bonchev–Trinajstić information content (AvgIpc) is 2.47. The van der Waals surface area contributed by atoms with Crippen molar-refractivity contribution in [2.45, 2.75) is 6.92 Å². The molecule has 3 nitrogen and oxygen atoms in total. The van der Waals surface area contributed by atoms with Gasteiger partial charge in [-0.05, 0) is 6.08 Å². The highest BCUT2D eigenvalue weighted by molar-refractivity contribution is 5.76. The van der Waals surface area contributed by atoms with Crippen LogP contribution >= 0.6 is 0 Å². The van der Waals surface area contributed by atoms with Crippen LogP contribution in [0.15, 0.2) is 21.6 Å². The molecule has 0 radical (unpaired) electrons. The van der Waals surface area contributed by atoms with Gasteiger partial charge >= 0.3 is 0 Å². The lowest BCUT2D eigenvalue weighted by Gasteiger charge is -1.91. The molecule has 1 aromatic rings. The van der Waals surface area contributed by atoms with Gasteiger partial charge in [0.1, 0.15) is 5.69 Å². The maximum absolute atomic E-state index is 5.47. The Morgan fingerprint density at radius 2 is 2.38 bits per heavy atom. The molecular weight excluding hydrogens is 164 g/mol. The van der Waals surface area contributed by atoms with Gasteiger partial charge in [0.05, 0.1) is 0 Å². The zero-order valence-corrected chi connectivity index (χ0v) is 7.74. The van der Waals surface area contributed by atoms with Crippen LogP contribution in [-0.4, -0.2) is 13.3 Å². The number of nitrogens with zero attached hydrogens (tertiary/aromatic N) is 1. The summed E-state index contributed by atoms with van der Waals surface area (Å²) < 4.78 is 5.47. The summed E-state index contributed by atoms with van der Waals surface area (Å²) in [5.74, 6) is 1.95. The lowest BCUT2D eigenvalue weighted by atomic mass is 10.2. The number of hydrogen-bond acceptors (Lipinski definition) is 3. The van der Waals surface area contributed by atoms with Gasteiger partial charge in [-0.1, -0.05) is 13.0 Å². The van der Waals surface area contributed by atoms with Gasteiger partial charge in [-0.25, -0.2) is 0 Å². The van der Waals surface area contributed by atoms with Crippen LogP contribution in [0.4, 0.5) is 11.6 Å². The third-order valence-electron chi connectivity index (χ3n) is 1.99. The molecule has 2 heterocycles. The molecule has 68 valence electrons. The second kappa shape index (κ2) is 3.09. The van der Waals surface area contributed by atoms with Crippen molar-refractivity contribution in [3.8, 4) is 0 Å². The zero-order valence-electron chi connectivity index (χ0n) is 7.74. The summed E-state index contributed by atoms with van der Waals surface area (Å²) in [5.41, 5.74) is 0.893. The van der Waals surface area contributed by atoms with E-state index in [2.05, 4.69) is 23.3 Å². The maximum atomic E-state index is 5.47. The number of allylic oxidation sites excluding steroid dienone is 1. The standard InChI is InChI=1S/C10H12N2O/c1-7-3-4-9-8(12-6-7)5-10(11-2)13-9/h3-7,11H,1-2H3. The van der Waals surface area contributed by atoms with Gasteiger partial charge in [0, 0.05) is 25.2 Å². The van der Waals surface area contributed by atoms with Crippen molar-refractivity contribution >= 4 is 23.9 Å². The van der Waals surface area contributed by atoms with E-state index >= 15 is 0 Å². The maximum Gasteiger partial charge on any atom is 0.195 e. The van der Waals surface area contributed by atoms with Crippen LogP contribution in [0.3, 0.4) is 0 Å². The van der Waals surface area contributed by atoms with Crippen molar-refractivity contribution in [1.82, 2.24) is 0 Å². The van der Waals surface area contributed by atoms with E-state index in [0.29, 0.717) is 5.92 Å². The van der Waals surface area contributed by atoms with Gasteiger partial charge in [0.2, 0.25) is 0 Å². The summed E-state index contributed by atoms with van der Waals surface area (Å²) in [6, 6.07) is 1.90. The number of hydrogen-bond donors (Lipinski definition) is 1. The van der Waals surface area contributed by atoms with Crippen molar-refractivity contribution in [2.24, 2.45) is 10.9 Å². The third-order valence-corrected chi connectivity index (χ3v) is 1.99. The van der Waals surface area contributed by atoms with E-state index < -0.39 is 0 Å². The molecular formula is C10H12N2O. The Bertz CT molecular complexity index is 332. The van der Waals surface area contributed by atoms with Crippen LogP contribution in [0.2, 0.25) is 0 Å². The molecule has 1 atom stereocenters. The first-order chi connectivity index (χ1) is 6.29. The smallest absolute Gasteiger partial charge is 0.195 e. The van der Waals surface area contributed by atoms with Crippen molar-refractivity contribution in [2.75, 3.05) is 12.4 Å². The minimum atomic E-state index is 0.376. The van der Waals surface area contributed by atoms with Gasteiger partial charge < -0.3 is 9.73 Å². The Labute approximate surface area is 77.2 Å². The summed E-state index contributed by atoms with van der Waals surface area (Å²) in [5, 5.41) is 2.94. The molecule has 0 aliphatic carbocycles. The zero-order chi connectivity index (χ0) is 9.26. The molecule has 0 spiro atoms. The minimum Gasteiger partial charge on any atom is -0.439 e. The molecule has 0 aromatic carbocycles. The molecule has 0 amide bonds. The van der Waals surface area contributed by atoms with Crippen LogP contribution in [0, 0.1) is 5.92 Å². The van der Waals surface area contributed by atoms with E-state index in [1.807, 2.05) is 25.4 Å². The monoisotopic (exact) mass is 176 g/mol. The minimum absolute atomic E-state index is 0.376. The fourth-order valence-corrected chi connectivity index (χ4v) is 1.23. The van der Waals surface area contributed by atoms with Crippen LogP contribution in [0.1, 0.15) is 12.7 Å². The molecule has 1 N–H and O–H groups in total. The number of anilines is 1.